The molecule has 2 aliphatic rings. The Morgan fingerprint density at radius 3 is 2.59 bits per heavy atom. The van der Waals surface area contributed by atoms with Crippen molar-refractivity contribution in [2.75, 3.05) is 20.1 Å². The molecule has 0 bridgehead atoms. The van der Waals surface area contributed by atoms with Gasteiger partial charge in [0.05, 0.1) is 12.2 Å². The van der Waals surface area contributed by atoms with Gasteiger partial charge in [-0.2, -0.15) is 0 Å². The van der Waals surface area contributed by atoms with Gasteiger partial charge in [-0.1, -0.05) is 11.2 Å². The standard InChI is InChI=1S/C20H24N4O3/c1-23(13-16-12-18(22-27-16)17-4-2-3-9-21-17)19(25)15-7-10-24(11-8-15)20(26)14-5-6-14/h2-4,9,12,14-15H,5-8,10-11,13H2,1H3. The van der Waals surface area contributed by atoms with Crippen LogP contribution in [0, 0.1) is 11.8 Å². The van der Waals surface area contributed by atoms with E-state index in [9.17, 15) is 9.59 Å². The topological polar surface area (TPSA) is 79.5 Å². The van der Waals surface area contributed by atoms with Crippen molar-refractivity contribution in [2.24, 2.45) is 11.8 Å². The molecule has 0 N–H and O–H groups in total. The first kappa shape index (κ1) is 17.7. The lowest BCUT2D eigenvalue weighted by Crippen LogP contribution is -2.43. The van der Waals surface area contributed by atoms with Gasteiger partial charge in [-0.15, -0.1) is 0 Å². The Morgan fingerprint density at radius 2 is 1.93 bits per heavy atom. The van der Waals surface area contributed by atoms with Gasteiger partial charge < -0.3 is 14.3 Å². The Bertz CT molecular complexity index is 808. The van der Waals surface area contributed by atoms with E-state index in [0.717, 1.165) is 31.4 Å². The molecule has 27 heavy (non-hydrogen) atoms. The number of hydrogen-bond acceptors (Lipinski definition) is 5. The molecule has 1 saturated carbocycles. The van der Waals surface area contributed by atoms with Crippen molar-refractivity contribution >= 4 is 11.8 Å². The highest BCUT2D eigenvalue weighted by molar-refractivity contribution is 5.82. The maximum atomic E-state index is 12.8. The third-order valence-electron chi connectivity index (χ3n) is 5.34. The molecule has 2 aromatic heterocycles. The van der Waals surface area contributed by atoms with Gasteiger partial charge >= 0.3 is 0 Å². The number of aromatic nitrogens is 2. The highest BCUT2D eigenvalue weighted by Crippen LogP contribution is 2.32. The Morgan fingerprint density at radius 1 is 1.15 bits per heavy atom. The molecule has 142 valence electrons. The molecule has 7 nitrogen and oxygen atoms in total. The van der Waals surface area contributed by atoms with E-state index in [-0.39, 0.29) is 23.7 Å². The van der Waals surface area contributed by atoms with Crippen molar-refractivity contribution in [3.8, 4) is 11.4 Å². The summed E-state index contributed by atoms with van der Waals surface area (Å²) < 4.78 is 5.37. The average molecular weight is 368 g/mol. The monoisotopic (exact) mass is 368 g/mol. The Kier molecular flexibility index (Phi) is 4.92. The van der Waals surface area contributed by atoms with Crippen LogP contribution < -0.4 is 0 Å². The molecule has 0 atom stereocenters. The summed E-state index contributed by atoms with van der Waals surface area (Å²) in [5, 5.41) is 4.04. The SMILES string of the molecule is CN(Cc1cc(-c2ccccn2)no1)C(=O)C1CCN(C(=O)C2CC2)CC1. The summed E-state index contributed by atoms with van der Waals surface area (Å²) in [5.74, 6) is 1.23. The Hall–Kier alpha value is -2.70. The van der Waals surface area contributed by atoms with Crippen LogP contribution in [-0.4, -0.2) is 51.9 Å². The van der Waals surface area contributed by atoms with Gasteiger partial charge in [0.2, 0.25) is 11.8 Å². The minimum Gasteiger partial charge on any atom is -0.359 e. The first-order chi connectivity index (χ1) is 13.1. The van der Waals surface area contributed by atoms with Crippen molar-refractivity contribution in [3.05, 3.63) is 36.2 Å². The molecule has 2 aromatic rings. The summed E-state index contributed by atoms with van der Waals surface area (Å²) in [4.78, 5) is 32.8. The fourth-order valence-corrected chi connectivity index (χ4v) is 3.58. The van der Waals surface area contributed by atoms with E-state index < -0.39 is 0 Å². The summed E-state index contributed by atoms with van der Waals surface area (Å²) in [6, 6.07) is 7.43. The van der Waals surface area contributed by atoms with E-state index >= 15 is 0 Å². The number of carbonyl (C=O) groups excluding carboxylic acids is 2. The lowest BCUT2D eigenvalue weighted by atomic mass is 9.95. The van der Waals surface area contributed by atoms with Crippen molar-refractivity contribution in [3.63, 3.8) is 0 Å². The van der Waals surface area contributed by atoms with Gasteiger partial charge in [-0.3, -0.25) is 14.6 Å². The van der Waals surface area contributed by atoms with Gasteiger partial charge in [0.1, 0.15) is 5.69 Å². The summed E-state index contributed by atoms with van der Waals surface area (Å²) in [6.07, 6.45) is 5.23. The minimum atomic E-state index is -0.0311. The zero-order valence-corrected chi connectivity index (χ0v) is 15.5. The fraction of sp³-hybridized carbons (Fsp3) is 0.500. The zero-order valence-electron chi connectivity index (χ0n) is 15.5. The molecule has 3 heterocycles. The van der Waals surface area contributed by atoms with Crippen LogP contribution in [0.1, 0.15) is 31.4 Å². The summed E-state index contributed by atoms with van der Waals surface area (Å²) in [5.41, 5.74) is 1.41. The van der Waals surface area contributed by atoms with Gasteiger partial charge in [0.25, 0.3) is 0 Å². The highest BCUT2D eigenvalue weighted by atomic mass is 16.5. The summed E-state index contributed by atoms with van der Waals surface area (Å²) in [6.45, 7) is 1.75. The lowest BCUT2D eigenvalue weighted by molar-refractivity contribution is -0.140. The molecule has 2 amide bonds. The van der Waals surface area contributed by atoms with Crippen LogP contribution in [0.4, 0.5) is 0 Å². The first-order valence-corrected chi connectivity index (χ1v) is 9.52. The quantitative estimate of drug-likeness (QED) is 0.809. The molecule has 1 aliphatic heterocycles. The van der Waals surface area contributed by atoms with E-state index in [2.05, 4.69) is 10.1 Å². The summed E-state index contributed by atoms with van der Waals surface area (Å²) in [7, 11) is 1.78. The van der Waals surface area contributed by atoms with Crippen LogP contribution in [0.5, 0.6) is 0 Å². The first-order valence-electron chi connectivity index (χ1n) is 9.52. The average Bonchev–Trinajstić information content (AvgIpc) is 3.46. The number of hydrogen-bond donors (Lipinski definition) is 0. The number of rotatable bonds is 5. The molecule has 0 spiro atoms. The second kappa shape index (κ2) is 7.50. The molecular weight excluding hydrogens is 344 g/mol. The van der Waals surface area contributed by atoms with E-state index in [0.29, 0.717) is 31.1 Å². The second-order valence-corrected chi connectivity index (χ2v) is 7.46. The molecule has 2 fully saturated rings. The highest BCUT2D eigenvalue weighted by Gasteiger charge is 2.36. The third kappa shape index (κ3) is 4.02. The number of nitrogens with zero attached hydrogens (tertiary/aromatic N) is 4. The number of likely N-dealkylation sites (tertiary alicyclic amines) is 1. The maximum Gasteiger partial charge on any atom is 0.225 e. The smallest absolute Gasteiger partial charge is 0.225 e. The zero-order chi connectivity index (χ0) is 18.8. The van der Waals surface area contributed by atoms with Gasteiger partial charge in [0, 0.05) is 44.2 Å². The van der Waals surface area contributed by atoms with E-state index in [1.165, 1.54) is 0 Å². The van der Waals surface area contributed by atoms with Crippen LogP contribution in [0.25, 0.3) is 11.4 Å². The maximum absolute atomic E-state index is 12.8. The van der Waals surface area contributed by atoms with Crippen LogP contribution >= 0.6 is 0 Å². The van der Waals surface area contributed by atoms with E-state index in [1.807, 2.05) is 29.2 Å². The Balaban J connectivity index is 1.31. The van der Waals surface area contributed by atoms with Gasteiger partial charge in [0.15, 0.2) is 5.76 Å². The van der Waals surface area contributed by atoms with Crippen LogP contribution in [0.3, 0.4) is 0 Å². The van der Waals surface area contributed by atoms with Crippen LogP contribution in [-0.2, 0) is 16.1 Å². The van der Waals surface area contributed by atoms with Crippen molar-refractivity contribution in [1.29, 1.82) is 0 Å². The van der Waals surface area contributed by atoms with E-state index in [4.69, 9.17) is 4.52 Å². The molecule has 7 heteroatoms. The van der Waals surface area contributed by atoms with Crippen LogP contribution in [0.2, 0.25) is 0 Å². The largest absolute Gasteiger partial charge is 0.359 e. The normalized spacial score (nSPS) is 17.7. The minimum absolute atomic E-state index is 0.0311. The van der Waals surface area contributed by atoms with Gasteiger partial charge in [-0.05, 0) is 37.8 Å². The number of carbonyl (C=O) groups is 2. The predicted molar refractivity (Wildman–Crippen MR) is 98.2 cm³/mol. The predicted octanol–water partition coefficient (Wildman–Crippen LogP) is 2.34. The third-order valence-corrected chi connectivity index (χ3v) is 5.34. The number of pyridine rings is 1. The molecule has 1 saturated heterocycles. The fourth-order valence-electron chi connectivity index (χ4n) is 3.58. The molecule has 0 radical (unpaired) electrons. The van der Waals surface area contributed by atoms with E-state index in [1.54, 1.807) is 18.1 Å². The molecule has 0 aromatic carbocycles. The Labute approximate surface area is 158 Å². The molecule has 1 aliphatic carbocycles. The molecular formula is C20H24N4O3. The summed E-state index contributed by atoms with van der Waals surface area (Å²) >= 11 is 0. The lowest BCUT2D eigenvalue weighted by Gasteiger charge is -2.33. The molecule has 4 rings (SSSR count). The van der Waals surface area contributed by atoms with Gasteiger partial charge in [-0.25, -0.2) is 0 Å². The number of piperidine rings is 1. The molecule has 0 unspecified atom stereocenters. The number of amides is 2. The van der Waals surface area contributed by atoms with Crippen molar-refractivity contribution < 1.29 is 14.1 Å². The van der Waals surface area contributed by atoms with Crippen LogP contribution in [0.15, 0.2) is 35.0 Å². The van der Waals surface area contributed by atoms with Crippen molar-refractivity contribution in [2.45, 2.75) is 32.2 Å². The second-order valence-electron chi connectivity index (χ2n) is 7.46. The van der Waals surface area contributed by atoms with Crippen molar-refractivity contribution in [1.82, 2.24) is 19.9 Å².